The van der Waals surface area contributed by atoms with E-state index < -0.39 is 5.60 Å². The fourth-order valence-corrected chi connectivity index (χ4v) is 3.82. The Labute approximate surface area is 117 Å². The number of hydrogen-bond acceptors (Lipinski definition) is 1. The van der Waals surface area contributed by atoms with Crippen molar-refractivity contribution in [3.8, 4) is 0 Å². The molecule has 0 amide bonds. The number of hydrogen-bond donors (Lipinski definition) is 1. The summed E-state index contributed by atoms with van der Waals surface area (Å²) in [4.78, 5) is 0. The van der Waals surface area contributed by atoms with Crippen molar-refractivity contribution in [3.05, 3.63) is 35.4 Å². The molecule has 1 N–H and O–H groups in total. The van der Waals surface area contributed by atoms with Gasteiger partial charge < -0.3 is 5.11 Å². The van der Waals surface area contributed by atoms with E-state index in [1.165, 1.54) is 31.2 Å². The van der Waals surface area contributed by atoms with E-state index in [4.69, 9.17) is 0 Å². The SMILES string of the molecule is CC1(C)CCCCC1(O)c1cccc(C2CCC2)c1. The summed E-state index contributed by atoms with van der Waals surface area (Å²) in [7, 11) is 0. The first kappa shape index (κ1) is 13.2. The fraction of sp³-hybridized carbons (Fsp3) is 0.667. The van der Waals surface area contributed by atoms with E-state index in [1.54, 1.807) is 0 Å². The summed E-state index contributed by atoms with van der Waals surface area (Å²) in [6, 6.07) is 8.81. The second kappa shape index (κ2) is 4.63. The highest BCUT2D eigenvalue weighted by molar-refractivity contribution is 5.33. The van der Waals surface area contributed by atoms with Gasteiger partial charge in [-0.1, -0.05) is 57.4 Å². The number of benzene rings is 1. The van der Waals surface area contributed by atoms with Gasteiger partial charge >= 0.3 is 0 Å². The maximum Gasteiger partial charge on any atom is 0.0947 e. The van der Waals surface area contributed by atoms with Crippen molar-refractivity contribution in [1.29, 1.82) is 0 Å². The monoisotopic (exact) mass is 258 g/mol. The van der Waals surface area contributed by atoms with E-state index in [9.17, 15) is 5.11 Å². The highest BCUT2D eigenvalue weighted by Crippen LogP contribution is 2.50. The zero-order valence-electron chi connectivity index (χ0n) is 12.3. The molecule has 1 aromatic rings. The standard InChI is InChI=1S/C18H26O/c1-17(2)11-3-4-12-18(17,19)16-10-6-9-15(13-16)14-7-5-8-14/h6,9-10,13-14,19H,3-5,7-8,11-12H2,1-2H3. The van der Waals surface area contributed by atoms with Gasteiger partial charge in [0.15, 0.2) is 0 Å². The van der Waals surface area contributed by atoms with Crippen molar-refractivity contribution < 1.29 is 5.11 Å². The molecule has 0 aromatic heterocycles. The quantitative estimate of drug-likeness (QED) is 0.812. The van der Waals surface area contributed by atoms with Crippen molar-refractivity contribution in [2.45, 2.75) is 70.3 Å². The Balaban J connectivity index is 1.95. The van der Waals surface area contributed by atoms with Crippen LogP contribution in [0.2, 0.25) is 0 Å². The first-order valence-corrected chi connectivity index (χ1v) is 7.86. The van der Waals surface area contributed by atoms with Crippen molar-refractivity contribution in [3.63, 3.8) is 0 Å². The van der Waals surface area contributed by atoms with Crippen LogP contribution < -0.4 is 0 Å². The molecule has 2 fully saturated rings. The maximum atomic E-state index is 11.3. The third kappa shape index (κ3) is 2.12. The van der Waals surface area contributed by atoms with Gasteiger partial charge in [-0.25, -0.2) is 0 Å². The van der Waals surface area contributed by atoms with Crippen LogP contribution in [0.4, 0.5) is 0 Å². The minimum Gasteiger partial charge on any atom is -0.385 e. The molecular weight excluding hydrogens is 232 g/mol. The van der Waals surface area contributed by atoms with E-state index in [-0.39, 0.29) is 5.41 Å². The Bertz CT molecular complexity index is 459. The molecule has 1 unspecified atom stereocenters. The molecule has 1 aromatic carbocycles. The fourth-order valence-electron chi connectivity index (χ4n) is 3.82. The van der Waals surface area contributed by atoms with E-state index in [0.717, 1.165) is 30.7 Å². The summed E-state index contributed by atoms with van der Waals surface area (Å²) in [5, 5.41) is 11.3. The molecule has 1 atom stereocenters. The van der Waals surface area contributed by atoms with Crippen LogP contribution in [-0.2, 0) is 5.60 Å². The zero-order chi connectivity index (χ0) is 13.5. The van der Waals surface area contributed by atoms with Crippen LogP contribution in [0.3, 0.4) is 0 Å². The molecule has 0 bridgehead atoms. The van der Waals surface area contributed by atoms with Gasteiger partial charge in [-0.05, 0) is 48.1 Å². The van der Waals surface area contributed by atoms with Gasteiger partial charge in [0, 0.05) is 0 Å². The molecule has 0 spiro atoms. The molecular formula is C18H26O. The van der Waals surface area contributed by atoms with Crippen LogP contribution in [-0.4, -0.2) is 5.11 Å². The molecule has 0 saturated heterocycles. The average Bonchev–Trinajstić information content (AvgIpc) is 2.31. The van der Waals surface area contributed by atoms with Gasteiger partial charge in [-0.2, -0.15) is 0 Å². The van der Waals surface area contributed by atoms with Crippen LogP contribution in [0.5, 0.6) is 0 Å². The van der Waals surface area contributed by atoms with Gasteiger partial charge in [0.05, 0.1) is 5.60 Å². The van der Waals surface area contributed by atoms with Gasteiger partial charge in [0.2, 0.25) is 0 Å². The van der Waals surface area contributed by atoms with E-state index in [0.29, 0.717) is 0 Å². The molecule has 0 heterocycles. The molecule has 3 rings (SSSR count). The molecule has 2 aliphatic rings. The van der Waals surface area contributed by atoms with Crippen LogP contribution in [0.25, 0.3) is 0 Å². The van der Waals surface area contributed by atoms with E-state index >= 15 is 0 Å². The van der Waals surface area contributed by atoms with Crippen LogP contribution in [0, 0.1) is 5.41 Å². The third-order valence-corrected chi connectivity index (χ3v) is 5.65. The normalized spacial score (nSPS) is 30.9. The Hall–Kier alpha value is -0.820. The largest absolute Gasteiger partial charge is 0.385 e. The minimum absolute atomic E-state index is 0.0104. The van der Waals surface area contributed by atoms with Crippen LogP contribution >= 0.6 is 0 Å². The lowest BCUT2D eigenvalue weighted by Gasteiger charge is -2.47. The van der Waals surface area contributed by atoms with E-state index in [2.05, 4.69) is 38.1 Å². The third-order valence-electron chi connectivity index (χ3n) is 5.65. The summed E-state index contributed by atoms with van der Waals surface area (Å²) >= 11 is 0. The van der Waals surface area contributed by atoms with Crippen LogP contribution in [0.15, 0.2) is 24.3 Å². The first-order valence-electron chi connectivity index (χ1n) is 7.86. The lowest BCUT2D eigenvalue weighted by atomic mass is 9.62. The predicted molar refractivity (Wildman–Crippen MR) is 79.2 cm³/mol. The molecule has 19 heavy (non-hydrogen) atoms. The molecule has 0 radical (unpaired) electrons. The predicted octanol–water partition coefficient (Wildman–Crippen LogP) is 4.74. The second-order valence-electron chi connectivity index (χ2n) is 7.20. The van der Waals surface area contributed by atoms with Crippen molar-refractivity contribution >= 4 is 0 Å². The number of rotatable bonds is 2. The lowest BCUT2D eigenvalue weighted by Crippen LogP contribution is -2.44. The number of aliphatic hydroxyl groups is 1. The summed E-state index contributed by atoms with van der Waals surface area (Å²) < 4.78 is 0. The summed E-state index contributed by atoms with van der Waals surface area (Å²) in [6.45, 7) is 4.45. The topological polar surface area (TPSA) is 20.2 Å². The zero-order valence-corrected chi connectivity index (χ0v) is 12.3. The molecule has 1 heteroatoms. The molecule has 1 nitrogen and oxygen atoms in total. The van der Waals surface area contributed by atoms with Crippen molar-refractivity contribution in [2.75, 3.05) is 0 Å². The smallest absolute Gasteiger partial charge is 0.0947 e. The molecule has 0 aliphatic heterocycles. The highest BCUT2D eigenvalue weighted by Gasteiger charge is 2.46. The highest BCUT2D eigenvalue weighted by atomic mass is 16.3. The maximum absolute atomic E-state index is 11.3. The lowest BCUT2D eigenvalue weighted by molar-refractivity contribution is -0.104. The Morgan fingerprint density at radius 3 is 2.42 bits per heavy atom. The Morgan fingerprint density at radius 2 is 1.79 bits per heavy atom. The summed E-state index contributed by atoms with van der Waals surface area (Å²) in [6.07, 6.45) is 8.44. The molecule has 2 saturated carbocycles. The minimum atomic E-state index is -0.634. The van der Waals surface area contributed by atoms with Crippen molar-refractivity contribution in [1.82, 2.24) is 0 Å². The van der Waals surface area contributed by atoms with Crippen molar-refractivity contribution in [2.24, 2.45) is 5.41 Å². The second-order valence-corrected chi connectivity index (χ2v) is 7.20. The first-order chi connectivity index (χ1) is 9.03. The van der Waals surface area contributed by atoms with Gasteiger partial charge in [-0.15, -0.1) is 0 Å². The van der Waals surface area contributed by atoms with E-state index in [1.807, 2.05) is 0 Å². The van der Waals surface area contributed by atoms with Gasteiger partial charge in [-0.3, -0.25) is 0 Å². The van der Waals surface area contributed by atoms with Gasteiger partial charge in [0.25, 0.3) is 0 Å². The van der Waals surface area contributed by atoms with Crippen LogP contribution in [0.1, 0.15) is 75.8 Å². The van der Waals surface area contributed by atoms with Gasteiger partial charge in [0.1, 0.15) is 0 Å². The molecule has 2 aliphatic carbocycles. The summed E-state index contributed by atoms with van der Waals surface area (Å²) in [5.41, 5.74) is 1.95. The average molecular weight is 258 g/mol. The molecule has 104 valence electrons. The summed E-state index contributed by atoms with van der Waals surface area (Å²) in [5.74, 6) is 0.746. The Morgan fingerprint density at radius 1 is 1.05 bits per heavy atom. The Kier molecular flexibility index (Phi) is 3.21.